The Balaban J connectivity index is 1.80. The first kappa shape index (κ1) is 13.0. The molecule has 1 spiro atoms. The second-order valence-electron chi connectivity index (χ2n) is 7.45. The van der Waals surface area contributed by atoms with E-state index in [-0.39, 0.29) is 28.3 Å². The van der Waals surface area contributed by atoms with E-state index in [4.69, 9.17) is 4.74 Å². The van der Waals surface area contributed by atoms with Gasteiger partial charge in [0.1, 0.15) is 28.4 Å². The lowest BCUT2D eigenvalue weighted by Crippen LogP contribution is -2.65. The normalized spacial score (nSPS) is 35.8. The molecule has 0 saturated heterocycles. The molecule has 0 aromatic heterocycles. The van der Waals surface area contributed by atoms with Gasteiger partial charge in [-0.15, -0.1) is 0 Å². The molecule has 1 aliphatic heterocycles. The number of aromatic hydroxyl groups is 2. The summed E-state index contributed by atoms with van der Waals surface area (Å²) in [5.41, 5.74) is -0.0324. The molecule has 5 rings (SSSR count). The zero-order valence-electron chi connectivity index (χ0n) is 12.3. The van der Waals surface area contributed by atoms with Crippen LogP contribution in [-0.2, 0) is 0 Å². The van der Waals surface area contributed by atoms with Gasteiger partial charge in [0.05, 0.1) is 6.42 Å². The van der Waals surface area contributed by atoms with Crippen LogP contribution in [0.3, 0.4) is 0 Å². The van der Waals surface area contributed by atoms with Crippen molar-refractivity contribution in [3.63, 3.8) is 0 Å². The summed E-state index contributed by atoms with van der Waals surface area (Å²) >= 11 is 0. The average molecular weight is 288 g/mol. The number of phenolic OH excluding ortho intramolecular Hbond substituents is 2. The van der Waals surface area contributed by atoms with Crippen molar-refractivity contribution in [2.45, 2.75) is 45.1 Å². The summed E-state index contributed by atoms with van der Waals surface area (Å²) in [4.78, 5) is 12.5. The fraction of sp³-hybridized carbons (Fsp3) is 0.588. The van der Waals surface area contributed by atoms with Crippen LogP contribution in [0.25, 0.3) is 0 Å². The molecule has 3 atom stereocenters. The van der Waals surface area contributed by atoms with Crippen LogP contribution in [-0.4, -0.2) is 21.6 Å². The molecule has 1 heterocycles. The average Bonchev–Trinajstić information content (AvgIpc) is 2.36. The minimum Gasteiger partial charge on any atom is -0.508 e. The van der Waals surface area contributed by atoms with E-state index in [1.165, 1.54) is 12.1 Å². The third-order valence-corrected chi connectivity index (χ3v) is 6.14. The van der Waals surface area contributed by atoms with Gasteiger partial charge >= 0.3 is 0 Å². The maximum Gasteiger partial charge on any atom is 0.174 e. The topological polar surface area (TPSA) is 66.8 Å². The van der Waals surface area contributed by atoms with Crippen molar-refractivity contribution in [1.29, 1.82) is 0 Å². The van der Waals surface area contributed by atoms with Crippen molar-refractivity contribution < 1.29 is 19.7 Å². The summed E-state index contributed by atoms with van der Waals surface area (Å²) in [6.45, 7) is 4.52. The molecule has 3 fully saturated rings. The molecule has 3 saturated carbocycles. The van der Waals surface area contributed by atoms with Crippen LogP contribution in [0.2, 0.25) is 0 Å². The Morgan fingerprint density at radius 1 is 1.29 bits per heavy atom. The Bertz CT molecular complexity index is 646. The van der Waals surface area contributed by atoms with E-state index in [0.717, 1.165) is 25.2 Å². The van der Waals surface area contributed by atoms with Gasteiger partial charge in [-0.05, 0) is 30.6 Å². The highest BCUT2D eigenvalue weighted by Gasteiger charge is 2.64. The van der Waals surface area contributed by atoms with Gasteiger partial charge < -0.3 is 14.9 Å². The first-order valence-electron chi connectivity index (χ1n) is 7.62. The maximum atomic E-state index is 12.5. The van der Waals surface area contributed by atoms with E-state index in [0.29, 0.717) is 18.1 Å². The van der Waals surface area contributed by atoms with Crippen molar-refractivity contribution in [3.8, 4) is 17.2 Å². The molecule has 0 unspecified atom stereocenters. The van der Waals surface area contributed by atoms with Crippen molar-refractivity contribution in [2.24, 2.45) is 17.3 Å². The van der Waals surface area contributed by atoms with Crippen molar-refractivity contribution in [3.05, 3.63) is 17.7 Å². The fourth-order valence-corrected chi connectivity index (χ4v) is 4.89. The molecule has 4 heteroatoms. The predicted molar refractivity (Wildman–Crippen MR) is 76.7 cm³/mol. The van der Waals surface area contributed by atoms with E-state index < -0.39 is 5.60 Å². The van der Waals surface area contributed by atoms with Crippen LogP contribution < -0.4 is 4.74 Å². The number of benzene rings is 1. The number of carbonyl (C=O) groups is 1. The minimum absolute atomic E-state index is 0.0716. The number of hydrogen-bond donors (Lipinski definition) is 2. The Morgan fingerprint density at radius 3 is 2.71 bits per heavy atom. The zero-order chi connectivity index (χ0) is 15.0. The number of Topliss-reactive ketones (excluding diaryl/α,β-unsaturated/α-hetero) is 1. The van der Waals surface area contributed by atoms with E-state index in [9.17, 15) is 15.0 Å². The number of ether oxygens (including phenoxy) is 1. The predicted octanol–water partition coefficient (Wildman–Crippen LogP) is 3.26. The number of fused-ring (bicyclic) bond motifs is 2. The zero-order valence-corrected chi connectivity index (χ0v) is 12.3. The lowest BCUT2D eigenvalue weighted by molar-refractivity contribution is -0.189. The second-order valence-corrected chi connectivity index (χ2v) is 7.45. The summed E-state index contributed by atoms with van der Waals surface area (Å²) < 4.78 is 6.24. The summed E-state index contributed by atoms with van der Waals surface area (Å²) in [7, 11) is 0. The monoisotopic (exact) mass is 288 g/mol. The Kier molecular flexibility index (Phi) is 2.31. The molecular formula is C17H20O4. The van der Waals surface area contributed by atoms with Crippen molar-refractivity contribution >= 4 is 5.78 Å². The number of phenols is 2. The molecule has 21 heavy (non-hydrogen) atoms. The Morgan fingerprint density at radius 2 is 2.05 bits per heavy atom. The number of ketones is 1. The highest BCUT2D eigenvalue weighted by atomic mass is 16.5. The van der Waals surface area contributed by atoms with Crippen molar-refractivity contribution in [2.75, 3.05) is 0 Å². The van der Waals surface area contributed by atoms with Gasteiger partial charge in [0.2, 0.25) is 0 Å². The standard InChI is InChI=1S/C17H20O4/c1-16(2)9-3-4-17(14(16)5-9)8-12(20)15-11(19)6-10(18)7-13(15)21-17/h6-7,9,14,18-19H,3-5,8H2,1-2H3/t9-,14+,17+/m0/s1. The molecule has 0 amide bonds. The molecule has 2 bridgehead atoms. The van der Waals surface area contributed by atoms with Crippen LogP contribution in [0.5, 0.6) is 17.2 Å². The molecule has 4 aliphatic rings. The maximum absolute atomic E-state index is 12.5. The third-order valence-electron chi connectivity index (χ3n) is 6.14. The quantitative estimate of drug-likeness (QED) is 0.769. The second kappa shape index (κ2) is 3.73. The van der Waals surface area contributed by atoms with Gasteiger partial charge in [0.25, 0.3) is 0 Å². The number of hydrogen-bond acceptors (Lipinski definition) is 4. The summed E-state index contributed by atoms with van der Waals surface area (Å²) in [6, 6.07) is 2.65. The van der Waals surface area contributed by atoms with Gasteiger partial charge in [-0.2, -0.15) is 0 Å². The highest BCUT2D eigenvalue weighted by Crippen LogP contribution is 2.65. The van der Waals surface area contributed by atoms with Crippen LogP contribution in [0.15, 0.2) is 12.1 Å². The molecule has 4 nitrogen and oxygen atoms in total. The van der Waals surface area contributed by atoms with Gasteiger partial charge in [0, 0.05) is 18.1 Å². The molecular weight excluding hydrogens is 268 g/mol. The van der Waals surface area contributed by atoms with Gasteiger partial charge in [-0.25, -0.2) is 0 Å². The van der Waals surface area contributed by atoms with Crippen LogP contribution in [0.4, 0.5) is 0 Å². The van der Waals surface area contributed by atoms with E-state index >= 15 is 0 Å². The van der Waals surface area contributed by atoms with Gasteiger partial charge in [-0.1, -0.05) is 13.8 Å². The SMILES string of the molecule is CC1(C)[C@H]2CC[C@@]3(CC(=O)c4c(O)cc(O)cc4O3)[C@@H]1C2. The van der Waals surface area contributed by atoms with Crippen LogP contribution >= 0.6 is 0 Å². The number of carbonyl (C=O) groups excluding carboxylic acids is 1. The van der Waals surface area contributed by atoms with Crippen LogP contribution in [0.1, 0.15) is 49.9 Å². The van der Waals surface area contributed by atoms with Gasteiger partial charge in [-0.3, -0.25) is 4.79 Å². The smallest absolute Gasteiger partial charge is 0.174 e. The van der Waals surface area contributed by atoms with E-state index in [1.54, 1.807) is 0 Å². The fourth-order valence-electron chi connectivity index (χ4n) is 4.89. The first-order valence-corrected chi connectivity index (χ1v) is 7.62. The molecule has 1 aromatic rings. The van der Waals surface area contributed by atoms with Crippen molar-refractivity contribution in [1.82, 2.24) is 0 Å². The molecule has 1 aromatic carbocycles. The molecule has 112 valence electrons. The third kappa shape index (κ3) is 1.53. The van der Waals surface area contributed by atoms with Crippen LogP contribution in [0, 0.1) is 17.3 Å². The molecule has 0 radical (unpaired) electrons. The Labute approximate surface area is 123 Å². The lowest BCUT2D eigenvalue weighted by Gasteiger charge is -2.65. The first-order chi connectivity index (χ1) is 9.83. The summed E-state index contributed by atoms with van der Waals surface area (Å²) in [5.74, 6) is 1.10. The summed E-state index contributed by atoms with van der Waals surface area (Å²) in [6.07, 6.45) is 3.41. The molecule has 2 N–H and O–H groups in total. The largest absolute Gasteiger partial charge is 0.508 e. The van der Waals surface area contributed by atoms with E-state index in [2.05, 4.69) is 13.8 Å². The molecule has 3 aliphatic carbocycles. The minimum atomic E-state index is -0.456. The van der Waals surface area contributed by atoms with Gasteiger partial charge in [0.15, 0.2) is 5.78 Å². The Hall–Kier alpha value is -1.71. The highest BCUT2D eigenvalue weighted by molar-refractivity contribution is 6.03. The van der Waals surface area contributed by atoms with E-state index in [1.807, 2.05) is 0 Å². The number of rotatable bonds is 0. The lowest BCUT2D eigenvalue weighted by atomic mass is 9.43. The summed E-state index contributed by atoms with van der Waals surface area (Å²) in [5, 5.41) is 19.6.